The fourth-order valence-electron chi connectivity index (χ4n) is 1.38. The van der Waals surface area contributed by atoms with Crippen molar-refractivity contribution in [3.05, 3.63) is 0 Å². The standard InChI is InChI=1S/C12H22O3/c1-4-6-7-8-11(13)10(3)9-12(14)15-5-2/h10H,4-9H2,1-3H3/t10-/m0/s1. The van der Waals surface area contributed by atoms with Crippen LogP contribution in [0.2, 0.25) is 0 Å². The van der Waals surface area contributed by atoms with Crippen molar-refractivity contribution in [1.29, 1.82) is 0 Å². The molecule has 1 atom stereocenters. The molecule has 0 radical (unpaired) electrons. The molecule has 0 aliphatic carbocycles. The van der Waals surface area contributed by atoms with Crippen LogP contribution in [0.25, 0.3) is 0 Å². The number of Topliss-reactive ketones (excluding diaryl/α,β-unsaturated/α-hetero) is 1. The van der Waals surface area contributed by atoms with Crippen LogP contribution in [-0.4, -0.2) is 18.4 Å². The van der Waals surface area contributed by atoms with Crippen LogP contribution < -0.4 is 0 Å². The number of hydrogen-bond donors (Lipinski definition) is 0. The molecule has 0 spiro atoms. The van der Waals surface area contributed by atoms with Gasteiger partial charge in [-0.1, -0.05) is 26.7 Å². The Balaban J connectivity index is 3.73. The van der Waals surface area contributed by atoms with E-state index < -0.39 is 0 Å². The van der Waals surface area contributed by atoms with Crippen molar-refractivity contribution in [3.8, 4) is 0 Å². The van der Waals surface area contributed by atoms with Crippen LogP contribution in [0, 0.1) is 5.92 Å². The largest absolute Gasteiger partial charge is 0.466 e. The number of carbonyl (C=O) groups excluding carboxylic acids is 2. The van der Waals surface area contributed by atoms with Crippen LogP contribution in [0.15, 0.2) is 0 Å². The molecule has 0 N–H and O–H groups in total. The summed E-state index contributed by atoms with van der Waals surface area (Å²) in [5, 5.41) is 0. The number of ketones is 1. The van der Waals surface area contributed by atoms with E-state index in [0.717, 1.165) is 19.3 Å². The van der Waals surface area contributed by atoms with E-state index in [1.807, 2.05) is 0 Å². The Kier molecular flexibility index (Phi) is 7.96. The Morgan fingerprint density at radius 1 is 1.20 bits per heavy atom. The summed E-state index contributed by atoms with van der Waals surface area (Å²) in [7, 11) is 0. The fourth-order valence-corrected chi connectivity index (χ4v) is 1.38. The summed E-state index contributed by atoms with van der Waals surface area (Å²) in [6, 6.07) is 0. The van der Waals surface area contributed by atoms with Crippen LogP contribution in [0.1, 0.15) is 52.9 Å². The van der Waals surface area contributed by atoms with E-state index in [4.69, 9.17) is 4.74 Å². The second-order valence-corrected chi connectivity index (χ2v) is 3.83. The number of esters is 1. The fraction of sp³-hybridized carbons (Fsp3) is 0.833. The Labute approximate surface area is 92.2 Å². The smallest absolute Gasteiger partial charge is 0.306 e. The molecule has 3 heteroatoms. The molecule has 0 heterocycles. The highest BCUT2D eigenvalue weighted by atomic mass is 16.5. The van der Waals surface area contributed by atoms with E-state index in [0.29, 0.717) is 13.0 Å². The molecule has 0 aromatic rings. The van der Waals surface area contributed by atoms with Gasteiger partial charge in [0.25, 0.3) is 0 Å². The van der Waals surface area contributed by atoms with E-state index in [2.05, 4.69) is 6.92 Å². The molecule has 0 aliphatic rings. The monoisotopic (exact) mass is 214 g/mol. The van der Waals surface area contributed by atoms with Gasteiger partial charge in [0.05, 0.1) is 13.0 Å². The molecule has 3 nitrogen and oxygen atoms in total. The first-order valence-electron chi connectivity index (χ1n) is 5.80. The Morgan fingerprint density at radius 2 is 1.87 bits per heavy atom. The molecular weight excluding hydrogens is 192 g/mol. The zero-order valence-electron chi connectivity index (χ0n) is 10.0. The minimum absolute atomic E-state index is 0.177. The highest BCUT2D eigenvalue weighted by molar-refractivity contribution is 5.84. The summed E-state index contributed by atoms with van der Waals surface area (Å²) in [5.41, 5.74) is 0. The molecule has 15 heavy (non-hydrogen) atoms. The molecule has 0 bridgehead atoms. The molecule has 0 fully saturated rings. The molecule has 0 aromatic heterocycles. The first-order chi connectivity index (χ1) is 7.11. The van der Waals surface area contributed by atoms with Crippen molar-refractivity contribution in [2.45, 2.75) is 52.9 Å². The summed E-state index contributed by atoms with van der Waals surface area (Å²) < 4.78 is 4.80. The van der Waals surface area contributed by atoms with Crippen molar-refractivity contribution in [1.82, 2.24) is 0 Å². The van der Waals surface area contributed by atoms with Crippen molar-refractivity contribution in [3.63, 3.8) is 0 Å². The summed E-state index contributed by atoms with van der Waals surface area (Å²) in [6.45, 7) is 6.05. The third kappa shape index (κ3) is 7.11. The van der Waals surface area contributed by atoms with E-state index in [-0.39, 0.29) is 24.1 Å². The van der Waals surface area contributed by atoms with E-state index in [9.17, 15) is 9.59 Å². The predicted octanol–water partition coefficient (Wildman–Crippen LogP) is 2.73. The van der Waals surface area contributed by atoms with E-state index in [1.54, 1.807) is 13.8 Å². The van der Waals surface area contributed by atoms with Gasteiger partial charge in [0.1, 0.15) is 5.78 Å². The molecule has 0 saturated heterocycles. The van der Waals surface area contributed by atoms with E-state index >= 15 is 0 Å². The first kappa shape index (κ1) is 14.1. The lowest BCUT2D eigenvalue weighted by Gasteiger charge is -2.09. The van der Waals surface area contributed by atoms with Crippen LogP contribution >= 0.6 is 0 Å². The maximum Gasteiger partial charge on any atom is 0.306 e. The zero-order chi connectivity index (χ0) is 11.7. The maximum atomic E-state index is 11.5. The highest BCUT2D eigenvalue weighted by Gasteiger charge is 2.16. The lowest BCUT2D eigenvalue weighted by Crippen LogP contribution is -2.17. The Morgan fingerprint density at radius 3 is 2.40 bits per heavy atom. The van der Waals surface area contributed by atoms with Gasteiger partial charge in [-0.25, -0.2) is 0 Å². The minimum atomic E-state index is -0.270. The maximum absolute atomic E-state index is 11.5. The summed E-state index contributed by atoms with van der Waals surface area (Å²) >= 11 is 0. The van der Waals surface area contributed by atoms with Gasteiger partial charge in [0.2, 0.25) is 0 Å². The van der Waals surface area contributed by atoms with E-state index in [1.165, 1.54) is 0 Å². The van der Waals surface area contributed by atoms with Crippen molar-refractivity contribution in [2.75, 3.05) is 6.61 Å². The molecular formula is C12H22O3. The first-order valence-corrected chi connectivity index (χ1v) is 5.80. The van der Waals surface area contributed by atoms with Crippen LogP contribution in [0.3, 0.4) is 0 Å². The lowest BCUT2D eigenvalue weighted by atomic mass is 9.98. The Bertz CT molecular complexity index is 199. The van der Waals surface area contributed by atoms with Crippen LogP contribution in [0.4, 0.5) is 0 Å². The number of hydrogen-bond acceptors (Lipinski definition) is 3. The van der Waals surface area contributed by atoms with Gasteiger partial charge in [0.15, 0.2) is 0 Å². The second-order valence-electron chi connectivity index (χ2n) is 3.83. The third-order valence-corrected chi connectivity index (χ3v) is 2.35. The minimum Gasteiger partial charge on any atom is -0.466 e. The van der Waals surface area contributed by atoms with Gasteiger partial charge in [-0.15, -0.1) is 0 Å². The topological polar surface area (TPSA) is 43.4 Å². The number of ether oxygens (including phenoxy) is 1. The molecule has 0 aliphatic heterocycles. The van der Waals surface area contributed by atoms with Gasteiger partial charge in [-0.2, -0.15) is 0 Å². The van der Waals surface area contributed by atoms with Crippen molar-refractivity contribution >= 4 is 11.8 Å². The number of rotatable bonds is 8. The van der Waals surface area contributed by atoms with Crippen molar-refractivity contribution < 1.29 is 14.3 Å². The molecule has 0 rings (SSSR count). The summed E-state index contributed by atoms with van der Waals surface area (Å²) in [4.78, 5) is 22.7. The summed E-state index contributed by atoms with van der Waals surface area (Å²) in [5.74, 6) is -0.286. The molecule has 0 aromatic carbocycles. The van der Waals surface area contributed by atoms with Crippen LogP contribution in [-0.2, 0) is 14.3 Å². The second kappa shape index (κ2) is 8.45. The number of carbonyl (C=O) groups is 2. The molecule has 0 amide bonds. The van der Waals surface area contributed by atoms with Crippen molar-refractivity contribution in [2.24, 2.45) is 5.92 Å². The van der Waals surface area contributed by atoms with Gasteiger partial charge < -0.3 is 4.74 Å². The molecule has 0 unspecified atom stereocenters. The highest BCUT2D eigenvalue weighted by Crippen LogP contribution is 2.10. The zero-order valence-corrected chi connectivity index (χ0v) is 10.0. The molecule has 88 valence electrons. The average molecular weight is 214 g/mol. The van der Waals surface area contributed by atoms with Gasteiger partial charge >= 0.3 is 5.97 Å². The summed E-state index contributed by atoms with van der Waals surface area (Å²) in [6.07, 6.45) is 3.94. The SMILES string of the molecule is CCCCCC(=O)[C@@H](C)CC(=O)OCC. The van der Waals surface area contributed by atoms with Gasteiger partial charge in [-0.05, 0) is 13.3 Å². The van der Waals surface area contributed by atoms with Gasteiger partial charge in [-0.3, -0.25) is 9.59 Å². The molecule has 0 saturated carbocycles. The average Bonchev–Trinajstić information content (AvgIpc) is 2.18. The normalized spacial score (nSPS) is 12.2. The quantitative estimate of drug-likeness (QED) is 0.461. The number of unbranched alkanes of at least 4 members (excludes halogenated alkanes) is 2. The third-order valence-electron chi connectivity index (χ3n) is 2.35. The van der Waals surface area contributed by atoms with Gasteiger partial charge in [0, 0.05) is 12.3 Å². The lowest BCUT2D eigenvalue weighted by molar-refractivity contribution is -0.145. The Hall–Kier alpha value is -0.860. The van der Waals surface area contributed by atoms with Crippen LogP contribution in [0.5, 0.6) is 0 Å². The predicted molar refractivity (Wildman–Crippen MR) is 59.6 cm³/mol.